The predicted octanol–water partition coefficient (Wildman–Crippen LogP) is 2.02. The fourth-order valence-electron chi connectivity index (χ4n) is 1.01. The van der Waals surface area contributed by atoms with Gasteiger partial charge >= 0.3 is 0 Å². The van der Waals surface area contributed by atoms with Crippen molar-refractivity contribution in [1.29, 1.82) is 0 Å². The van der Waals surface area contributed by atoms with Gasteiger partial charge in [0.25, 0.3) is 0 Å². The highest BCUT2D eigenvalue weighted by atomic mass is 35.5. The largest absolute Gasteiger partial charge is 0.317 e. The lowest BCUT2D eigenvalue weighted by atomic mass is 10.1. The van der Waals surface area contributed by atoms with Crippen molar-refractivity contribution in [2.45, 2.75) is 19.4 Å². The topological polar surface area (TPSA) is 32.3 Å². The average molecular weight is 188 g/mol. The Balaban J connectivity index is 0.00000121. The molecule has 0 radical (unpaired) electrons. The van der Waals surface area contributed by atoms with E-state index in [1.165, 1.54) is 5.56 Å². The van der Waals surface area contributed by atoms with Crippen LogP contribution in [0.2, 0.25) is 0 Å². The van der Waals surface area contributed by atoms with Crippen LogP contribution in [0, 0.1) is 0 Å². The lowest BCUT2D eigenvalue weighted by Gasteiger charge is -2.07. The van der Waals surface area contributed by atoms with Crippen LogP contribution in [0.3, 0.4) is 0 Å². The molecule has 0 bridgehead atoms. The van der Waals surface area contributed by atoms with Crippen LogP contribution in [0.1, 0.15) is 12.5 Å². The van der Waals surface area contributed by atoms with E-state index >= 15 is 0 Å². The Labute approximate surface area is 79.0 Å². The molecule has 0 amide bonds. The molecule has 68 valence electrons. The SMILES string of the molecule is CC(Cc1ccccc1)NO.Cl. The van der Waals surface area contributed by atoms with Gasteiger partial charge in [-0.15, -0.1) is 12.4 Å². The average Bonchev–Trinajstić information content (AvgIpc) is 2.06. The first kappa shape index (κ1) is 11.4. The normalized spacial score (nSPS) is 11.8. The first-order valence-corrected chi connectivity index (χ1v) is 3.76. The maximum absolute atomic E-state index is 8.55. The van der Waals surface area contributed by atoms with Crippen molar-refractivity contribution in [3.8, 4) is 0 Å². The summed E-state index contributed by atoms with van der Waals surface area (Å²) in [6.07, 6.45) is 0.858. The van der Waals surface area contributed by atoms with E-state index in [0.29, 0.717) is 0 Å². The molecule has 0 fully saturated rings. The second-order valence-corrected chi connectivity index (χ2v) is 2.72. The second kappa shape index (κ2) is 6.00. The first-order valence-electron chi connectivity index (χ1n) is 3.76. The molecule has 0 saturated carbocycles. The van der Waals surface area contributed by atoms with Crippen LogP contribution in [0.25, 0.3) is 0 Å². The van der Waals surface area contributed by atoms with Crippen LogP contribution in [0.5, 0.6) is 0 Å². The maximum atomic E-state index is 8.55. The van der Waals surface area contributed by atoms with Gasteiger partial charge in [0, 0.05) is 6.04 Å². The van der Waals surface area contributed by atoms with Crippen molar-refractivity contribution in [3.05, 3.63) is 35.9 Å². The van der Waals surface area contributed by atoms with E-state index in [2.05, 4.69) is 5.48 Å². The van der Waals surface area contributed by atoms with Gasteiger partial charge in [0.05, 0.1) is 0 Å². The van der Waals surface area contributed by atoms with Crippen molar-refractivity contribution in [1.82, 2.24) is 5.48 Å². The van der Waals surface area contributed by atoms with E-state index in [1.807, 2.05) is 37.3 Å². The molecule has 0 spiro atoms. The second-order valence-electron chi connectivity index (χ2n) is 2.72. The predicted molar refractivity (Wildman–Crippen MR) is 51.8 cm³/mol. The monoisotopic (exact) mass is 187 g/mol. The summed E-state index contributed by atoms with van der Waals surface area (Å²) in [5.74, 6) is 0. The third-order valence-electron chi connectivity index (χ3n) is 1.61. The van der Waals surface area contributed by atoms with E-state index in [-0.39, 0.29) is 18.4 Å². The summed E-state index contributed by atoms with van der Waals surface area (Å²) in [6, 6.07) is 10.2. The van der Waals surface area contributed by atoms with E-state index in [0.717, 1.165) is 6.42 Å². The zero-order valence-electron chi connectivity index (χ0n) is 7.03. The highest BCUT2D eigenvalue weighted by Crippen LogP contribution is 2.01. The number of nitrogens with one attached hydrogen (secondary N) is 1. The molecule has 0 aromatic heterocycles. The Morgan fingerprint density at radius 2 is 1.92 bits per heavy atom. The molecule has 0 aliphatic rings. The molecule has 2 N–H and O–H groups in total. The molecule has 1 atom stereocenters. The summed E-state index contributed by atoms with van der Waals surface area (Å²) in [7, 11) is 0. The smallest absolute Gasteiger partial charge is 0.0331 e. The first-order chi connectivity index (χ1) is 5.33. The molecule has 12 heavy (non-hydrogen) atoms. The molecule has 1 aromatic carbocycles. The third kappa shape index (κ3) is 3.72. The minimum Gasteiger partial charge on any atom is -0.317 e. The van der Waals surface area contributed by atoms with E-state index < -0.39 is 0 Å². The van der Waals surface area contributed by atoms with Crippen LogP contribution < -0.4 is 5.48 Å². The molecule has 2 nitrogen and oxygen atoms in total. The van der Waals surface area contributed by atoms with Crippen LogP contribution in [0.4, 0.5) is 0 Å². The zero-order valence-corrected chi connectivity index (χ0v) is 7.84. The summed E-state index contributed by atoms with van der Waals surface area (Å²) in [5.41, 5.74) is 3.45. The van der Waals surface area contributed by atoms with Crippen LogP contribution in [-0.4, -0.2) is 11.2 Å². The van der Waals surface area contributed by atoms with Crippen molar-refractivity contribution in [2.75, 3.05) is 0 Å². The summed E-state index contributed by atoms with van der Waals surface area (Å²) >= 11 is 0. The summed E-state index contributed by atoms with van der Waals surface area (Å²) < 4.78 is 0. The Bertz CT molecular complexity index is 203. The molecule has 1 aromatic rings. The van der Waals surface area contributed by atoms with Crippen LogP contribution in [0.15, 0.2) is 30.3 Å². The molecule has 0 aliphatic carbocycles. The Morgan fingerprint density at radius 3 is 2.42 bits per heavy atom. The minimum absolute atomic E-state index is 0. The third-order valence-corrected chi connectivity index (χ3v) is 1.61. The van der Waals surface area contributed by atoms with Crippen molar-refractivity contribution >= 4 is 12.4 Å². The van der Waals surface area contributed by atoms with Gasteiger partial charge < -0.3 is 5.21 Å². The summed E-state index contributed by atoms with van der Waals surface area (Å²) in [6.45, 7) is 1.94. The van der Waals surface area contributed by atoms with Crippen LogP contribution in [-0.2, 0) is 6.42 Å². The molecule has 1 rings (SSSR count). The van der Waals surface area contributed by atoms with Gasteiger partial charge in [0.2, 0.25) is 0 Å². The molecule has 1 unspecified atom stereocenters. The highest BCUT2D eigenvalue weighted by Gasteiger charge is 1.99. The van der Waals surface area contributed by atoms with Gasteiger partial charge in [-0.05, 0) is 18.9 Å². The number of hydroxylamine groups is 1. The summed E-state index contributed by atoms with van der Waals surface area (Å²) in [4.78, 5) is 0. The number of benzene rings is 1. The number of hydrogen-bond acceptors (Lipinski definition) is 2. The van der Waals surface area contributed by atoms with Crippen molar-refractivity contribution < 1.29 is 5.21 Å². The van der Waals surface area contributed by atoms with Gasteiger partial charge in [-0.25, -0.2) is 5.48 Å². The standard InChI is InChI=1S/C9H13NO.ClH/c1-8(10-11)7-9-5-3-2-4-6-9;/h2-6,8,10-11H,7H2,1H3;1H. The molecule has 0 heterocycles. The molecular formula is C9H14ClNO. The lowest BCUT2D eigenvalue weighted by molar-refractivity contribution is 0.133. The fraction of sp³-hybridized carbons (Fsp3) is 0.333. The van der Waals surface area contributed by atoms with Crippen LogP contribution >= 0.6 is 12.4 Å². The number of hydrogen-bond donors (Lipinski definition) is 2. The van der Waals surface area contributed by atoms with E-state index in [9.17, 15) is 0 Å². The lowest BCUT2D eigenvalue weighted by Crippen LogP contribution is -2.24. The van der Waals surface area contributed by atoms with Gasteiger partial charge in [-0.3, -0.25) is 0 Å². The molecular weight excluding hydrogens is 174 g/mol. The Kier molecular flexibility index (Phi) is 5.72. The number of halogens is 1. The van der Waals surface area contributed by atoms with Gasteiger partial charge in [0.1, 0.15) is 0 Å². The van der Waals surface area contributed by atoms with Crippen molar-refractivity contribution in [3.63, 3.8) is 0 Å². The fourth-order valence-corrected chi connectivity index (χ4v) is 1.01. The molecule has 0 saturated heterocycles. The van der Waals surface area contributed by atoms with E-state index in [4.69, 9.17) is 5.21 Å². The number of rotatable bonds is 3. The Hall–Kier alpha value is -0.570. The molecule has 0 aliphatic heterocycles. The maximum Gasteiger partial charge on any atom is 0.0331 e. The summed E-state index contributed by atoms with van der Waals surface area (Å²) in [5, 5.41) is 8.55. The van der Waals surface area contributed by atoms with Gasteiger partial charge in [-0.2, -0.15) is 0 Å². The van der Waals surface area contributed by atoms with Gasteiger partial charge in [-0.1, -0.05) is 30.3 Å². The molecule has 3 heteroatoms. The van der Waals surface area contributed by atoms with E-state index in [1.54, 1.807) is 0 Å². The zero-order chi connectivity index (χ0) is 8.10. The van der Waals surface area contributed by atoms with Crippen molar-refractivity contribution in [2.24, 2.45) is 0 Å². The quantitative estimate of drug-likeness (QED) is 0.710. The Morgan fingerprint density at radius 1 is 1.33 bits per heavy atom. The minimum atomic E-state index is 0. The highest BCUT2D eigenvalue weighted by molar-refractivity contribution is 5.85. The van der Waals surface area contributed by atoms with Gasteiger partial charge in [0.15, 0.2) is 0 Å².